The molecule has 0 radical (unpaired) electrons. The van der Waals surface area contributed by atoms with Crippen LogP contribution in [0.2, 0.25) is 0 Å². The molecule has 0 fully saturated rings. The van der Waals surface area contributed by atoms with Gasteiger partial charge in [0, 0.05) is 28.9 Å². The number of ether oxygens (including phenoxy) is 3. The Labute approximate surface area is 187 Å². The van der Waals surface area contributed by atoms with Gasteiger partial charge in [-0.2, -0.15) is 0 Å². The third-order valence-corrected chi connectivity index (χ3v) is 6.22. The van der Waals surface area contributed by atoms with Crippen LogP contribution in [-0.2, 0) is 0 Å². The third-order valence-electron chi connectivity index (χ3n) is 5.20. The number of nitrogens with zero attached hydrogens (tertiary/aromatic N) is 3. The molecular formula is C24H19N3O4S. The van der Waals surface area contributed by atoms with E-state index in [0.717, 1.165) is 32.0 Å². The first-order valence-corrected chi connectivity index (χ1v) is 10.6. The van der Waals surface area contributed by atoms with Crippen LogP contribution in [0.4, 0.5) is 0 Å². The van der Waals surface area contributed by atoms with Crippen LogP contribution in [0.25, 0.3) is 37.5 Å². The monoisotopic (exact) mass is 445 g/mol. The van der Waals surface area contributed by atoms with Crippen molar-refractivity contribution in [2.45, 2.75) is 0 Å². The minimum absolute atomic E-state index is 0.126. The minimum atomic E-state index is -0.126. The Morgan fingerprint density at radius 3 is 2.28 bits per heavy atom. The van der Waals surface area contributed by atoms with Crippen LogP contribution in [0.5, 0.6) is 17.2 Å². The van der Waals surface area contributed by atoms with Crippen molar-refractivity contribution >= 4 is 32.6 Å². The van der Waals surface area contributed by atoms with Gasteiger partial charge in [-0.1, -0.05) is 29.5 Å². The molecule has 2 aromatic carbocycles. The van der Waals surface area contributed by atoms with Crippen LogP contribution in [0, 0.1) is 0 Å². The molecule has 5 rings (SSSR count). The summed E-state index contributed by atoms with van der Waals surface area (Å²) in [4.78, 5) is 23.1. The van der Waals surface area contributed by atoms with E-state index in [1.54, 1.807) is 44.2 Å². The van der Waals surface area contributed by atoms with Crippen molar-refractivity contribution in [3.05, 3.63) is 71.1 Å². The molecule has 32 heavy (non-hydrogen) atoms. The van der Waals surface area contributed by atoms with Crippen LogP contribution < -0.4 is 19.8 Å². The number of benzene rings is 2. The summed E-state index contributed by atoms with van der Waals surface area (Å²) in [5.41, 5.74) is 2.85. The maximum Gasteiger partial charge on any atom is 0.255 e. The topological polar surface area (TPSA) is 75.5 Å². The maximum atomic E-state index is 12.9. The molecule has 5 aromatic rings. The summed E-state index contributed by atoms with van der Waals surface area (Å²) < 4.78 is 18.1. The van der Waals surface area contributed by atoms with E-state index in [9.17, 15) is 4.79 Å². The van der Waals surface area contributed by atoms with E-state index in [-0.39, 0.29) is 5.56 Å². The van der Waals surface area contributed by atoms with Gasteiger partial charge in [0.15, 0.2) is 11.5 Å². The van der Waals surface area contributed by atoms with Crippen LogP contribution in [-0.4, -0.2) is 35.9 Å². The summed E-state index contributed by atoms with van der Waals surface area (Å²) in [5, 5.41) is 1.57. The standard InChI is InChI=1S/C24H19N3O4S/c1-29-17-11-15(12-18(30-2)22(17)31-3)23-26-20-21-14(13-25-24(20)32-23)9-10-19(28)27(21)16-7-5-4-6-8-16/h4-13H,1-3H3. The number of fused-ring (bicyclic) bond motifs is 3. The molecule has 0 saturated heterocycles. The van der Waals surface area contributed by atoms with Crippen LogP contribution in [0.1, 0.15) is 0 Å². The summed E-state index contributed by atoms with van der Waals surface area (Å²) >= 11 is 1.44. The Morgan fingerprint density at radius 2 is 1.62 bits per heavy atom. The summed E-state index contributed by atoms with van der Waals surface area (Å²) in [6, 6.07) is 16.6. The average Bonchev–Trinajstić information content (AvgIpc) is 3.28. The number of thiazole rings is 1. The lowest BCUT2D eigenvalue weighted by Gasteiger charge is -2.13. The second-order valence-electron chi connectivity index (χ2n) is 6.99. The molecule has 0 aliphatic heterocycles. The van der Waals surface area contributed by atoms with Gasteiger partial charge in [-0.15, -0.1) is 0 Å². The lowest BCUT2D eigenvalue weighted by Crippen LogP contribution is -2.17. The molecule has 3 heterocycles. The van der Waals surface area contributed by atoms with E-state index in [4.69, 9.17) is 19.2 Å². The molecule has 0 amide bonds. The second kappa shape index (κ2) is 7.97. The quantitative estimate of drug-likeness (QED) is 0.391. The van der Waals surface area contributed by atoms with Crippen molar-refractivity contribution in [2.75, 3.05) is 21.3 Å². The molecule has 0 saturated carbocycles. The van der Waals surface area contributed by atoms with E-state index < -0.39 is 0 Å². The Kier molecular flexibility index (Phi) is 4.99. The zero-order chi connectivity index (χ0) is 22.2. The molecule has 0 spiro atoms. The molecule has 160 valence electrons. The van der Waals surface area contributed by atoms with Gasteiger partial charge in [0.05, 0.1) is 26.8 Å². The summed E-state index contributed by atoms with van der Waals surface area (Å²) in [7, 11) is 4.72. The van der Waals surface area contributed by atoms with E-state index >= 15 is 0 Å². The maximum absolute atomic E-state index is 12.9. The number of hydrogen-bond acceptors (Lipinski definition) is 7. The molecular weight excluding hydrogens is 426 g/mol. The highest BCUT2D eigenvalue weighted by molar-refractivity contribution is 7.21. The van der Waals surface area contributed by atoms with Gasteiger partial charge in [-0.05, 0) is 30.3 Å². The predicted molar refractivity (Wildman–Crippen MR) is 126 cm³/mol. The average molecular weight is 446 g/mol. The molecule has 0 bridgehead atoms. The highest BCUT2D eigenvalue weighted by Gasteiger charge is 2.19. The zero-order valence-corrected chi connectivity index (χ0v) is 18.5. The van der Waals surface area contributed by atoms with Gasteiger partial charge < -0.3 is 14.2 Å². The molecule has 7 nitrogen and oxygen atoms in total. The highest BCUT2D eigenvalue weighted by atomic mass is 32.1. The zero-order valence-electron chi connectivity index (χ0n) is 17.7. The normalized spacial score (nSPS) is 11.1. The van der Waals surface area contributed by atoms with Gasteiger partial charge in [0.2, 0.25) is 5.75 Å². The van der Waals surface area contributed by atoms with E-state index in [1.807, 2.05) is 42.5 Å². The molecule has 0 aliphatic carbocycles. The van der Waals surface area contributed by atoms with Crippen LogP contribution >= 0.6 is 11.3 Å². The molecule has 0 N–H and O–H groups in total. The predicted octanol–water partition coefficient (Wildman–Crippen LogP) is 4.69. The largest absolute Gasteiger partial charge is 0.493 e. The lowest BCUT2D eigenvalue weighted by atomic mass is 10.2. The van der Waals surface area contributed by atoms with Gasteiger partial charge in [-0.25, -0.2) is 9.97 Å². The Balaban J connectivity index is 1.80. The number of rotatable bonds is 5. The van der Waals surface area contributed by atoms with Crippen molar-refractivity contribution < 1.29 is 14.2 Å². The molecule has 0 aliphatic rings. The van der Waals surface area contributed by atoms with Crippen LogP contribution in [0.15, 0.2) is 65.6 Å². The Hall–Kier alpha value is -3.91. The van der Waals surface area contributed by atoms with Crippen molar-refractivity contribution in [3.63, 3.8) is 0 Å². The number of aromatic nitrogens is 3. The first kappa shape index (κ1) is 20.0. The van der Waals surface area contributed by atoms with Gasteiger partial charge in [0.25, 0.3) is 5.56 Å². The van der Waals surface area contributed by atoms with Crippen molar-refractivity contribution in [3.8, 4) is 33.5 Å². The molecule has 3 aromatic heterocycles. The second-order valence-corrected chi connectivity index (χ2v) is 7.97. The highest BCUT2D eigenvalue weighted by Crippen LogP contribution is 2.43. The number of pyridine rings is 2. The van der Waals surface area contributed by atoms with E-state index in [0.29, 0.717) is 22.8 Å². The van der Waals surface area contributed by atoms with Crippen molar-refractivity contribution in [1.82, 2.24) is 14.5 Å². The number of para-hydroxylation sites is 1. The van der Waals surface area contributed by atoms with Crippen molar-refractivity contribution in [2.24, 2.45) is 0 Å². The van der Waals surface area contributed by atoms with Gasteiger partial charge >= 0.3 is 0 Å². The fraction of sp³-hybridized carbons (Fsp3) is 0.125. The summed E-state index contributed by atoms with van der Waals surface area (Å²) in [6.07, 6.45) is 1.77. The van der Waals surface area contributed by atoms with Crippen LogP contribution in [0.3, 0.4) is 0 Å². The molecule has 0 unspecified atom stereocenters. The SMILES string of the molecule is COc1cc(-c2nc3c(ncc4ccc(=O)n(-c5ccccc5)c43)s2)cc(OC)c1OC. The third kappa shape index (κ3) is 3.16. The fourth-order valence-corrected chi connectivity index (χ4v) is 4.64. The number of methoxy groups -OCH3 is 3. The van der Waals surface area contributed by atoms with Crippen molar-refractivity contribution in [1.29, 1.82) is 0 Å². The minimum Gasteiger partial charge on any atom is -0.493 e. The first-order valence-electron chi connectivity index (χ1n) is 9.81. The lowest BCUT2D eigenvalue weighted by molar-refractivity contribution is 0.324. The van der Waals surface area contributed by atoms with Gasteiger partial charge in [0.1, 0.15) is 15.4 Å². The molecule has 8 heteroatoms. The van der Waals surface area contributed by atoms with Gasteiger partial charge in [-0.3, -0.25) is 9.36 Å². The first-order chi connectivity index (χ1) is 15.6. The summed E-state index contributed by atoms with van der Waals surface area (Å²) in [6.45, 7) is 0. The van der Waals surface area contributed by atoms with E-state index in [2.05, 4.69) is 4.98 Å². The number of hydrogen-bond donors (Lipinski definition) is 0. The summed E-state index contributed by atoms with van der Waals surface area (Å²) in [5.74, 6) is 1.60. The fourth-order valence-electron chi connectivity index (χ4n) is 3.74. The Morgan fingerprint density at radius 1 is 0.906 bits per heavy atom. The smallest absolute Gasteiger partial charge is 0.255 e. The Bertz CT molecular complexity index is 1480. The molecule has 0 atom stereocenters. The van der Waals surface area contributed by atoms with E-state index in [1.165, 1.54) is 11.3 Å².